The lowest BCUT2D eigenvalue weighted by Crippen LogP contribution is -2.30. The van der Waals surface area contributed by atoms with Gasteiger partial charge in [0.15, 0.2) is 6.10 Å². The molecule has 122 valence electrons. The molecule has 0 aliphatic heterocycles. The Labute approximate surface area is 142 Å². The first-order chi connectivity index (χ1) is 11.0. The van der Waals surface area contributed by atoms with Crippen molar-refractivity contribution < 1.29 is 9.53 Å². The molecule has 0 radical (unpaired) electrons. The molecule has 0 aromatic heterocycles. The Morgan fingerprint density at radius 1 is 1.17 bits per heavy atom. The smallest absolute Gasteiger partial charge is 0.265 e. The van der Waals surface area contributed by atoms with Crippen LogP contribution in [0.25, 0.3) is 0 Å². The number of hydrogen-bond acceptors (Lipinski definition) is 2. The van der Waals surface area contributed by atoms with Crippen LogP contribution in [-0.4, -0.2) is 12.0 Å². The fourth-order valence-electron chi connectivity index (χ4n) is 2.29. The van der Waals surface area contributed by atoms with Crippen molar-refractivity contribution in [1.29, 1.82) is 0 Å². The van der Waals surface area contributed by atoms with Gasteiger partial charge < -0.3 is 10.1 Å². The van der Waals surface area contributed by atoms with Gasteiger partial charge in [-0.25, -0.2) is 0 Å². The molecule has 0 spiro atoms. The monoisotopic (exact) mass is 331 g/mol. The van der Waals surface area contributed by atoms with E-state index in [2.05, 4.69) is 19.2 Å². The second-order valence-corrected chi connectivity index (χ2v) is 6.04. The molecule has 2 rings (SSSR count). The molecule has 0 heterocycles. The second-order valence-electron chi connectivity index (χ2n) is 5.60. The molecule has 1 amide bonds. The van der Waals surface area contributed by atoms with Gasteiger partial charge in [-0.1, -0.05) is 49.7 Å². The van der Waals surface area contributed by atoms with Crippen LogP contribution in [0.5, 0.6) is 5.75 Å². The van der Waals surface area contributed by atoms with E-state index in [0.29, 0.717) is 16.7 Å². The van der Waals surface area contributed by atoms with E-state index in [4.69, 9.17) is 16.3 Å². The van der Waals surface area contributed by atoms with Gasteiger partial charge in [0, 0.05) is 10.7 Å². The first-order valence-electron chi connectivity index (χ1n) is 7.83. The number of halogens is 1. The van der Waals surface area contributed by atoms with Crippen LogP contribution in [0, 0.1) is 0 Å². The number of hydrogen-bond donors (Lipinski definition) is 1. The van der Waals surface area contributed by atoms with Gasteiger partial charge in [0.1, 0.15) is 5.75 Å². The maximum absolute atomic E-state index is 12.4. The van der Waals surface area contributed by atoms with E-state index < -0.39 is 6.10 Å². The standard InChI is InChI=1S/C19H22ClNO2/c1-4-13(2)17-10-5-6-11-18(17)21-19(22)14(3)23-16-9-7-8-15(20)12-16/h5-14H,4H2,1-3H3,(H,21,22)/t13-,14+/m0/s1. The van der Waals surface area contributed by atoms with E-state index in [1.807, 2.05) is 24.3 Å². The fourth-order valence-corrected chi connectivity index (χ4v) is 2.47. The third kappa shape index (κ3) is 4.73. The summed E-state index contributed by atoms with van der Waals surface area (Å²) in [6, 6.07) is 14.9. The molecule has 23 heavy (non-hydrogen) atoms. The molecule has 4 heteroatoms. The van der Waals surface area contributed by atoms with Crippen LogP contribution >= 0.6 is 11.6 Å². The van der Waals surface area contributed by atoms with Gasteiger partial charge >= 0.3 is 0 Å². The van der Waals surface area contributed by atoms with Crippen LogP contribution in [0.4, 0.5) is 5.69 Å². The number of carbonyl (C=O) groups excluding carboxylic acids is 1. The quantitative estimate of drug-likeness (QED) is 0.784. The van der Waals surface area contributed by atoms with Crippen molar-refractivity contribution in [2.75, 3.05) is 5.32 Å². The van der Waals surface area contributed by atoms with Gasteiger partial charge in [-0.15, -0.1) is 0 Å². The lowest BCUT2D eigenvalue weighted by Gasteiger charge is -2.18. The summed E-state index contributed by atoms with van der Waals surface area (Å²) < 4.78 is 5.66. The summed E-state index contributed by atoms with van der Waals surface area (Å²) in [4.78, 5) is 12.4. The van der Waals surface area contributed by atoms with Crippen molar-refractivity contribution in [3.05, 3.63) is 59.1 Å². The zero-order valence-electron chi connectivity index (χ0n) is 13.7. The molecule has 0 aliphatic rings. The highest BCUT2D eigenvalue weighted by molar-refractivity contribution is 6.30. The number of nitrogens with one attached hydrogen (secondary N) is 1. The summed E-state index contributed by atoms with van der Waals surface area (Å²) in [5, 5.41) is 3.54. The largest absolute Gasteiger partial charge is 0.481 e. The number of amides is 1. The summed E-state index contributed by atoms with van der Waals surface area (Å²) >= 11 is 5.93. The fraction of sp³-hybridized carbons (Fsp3) is 0.316. The van der Waals surface area contributed by atoms with Crippen molar-refractivity contribution in [2.24, 2.45) is 0 Å². The molecule has 0 unspecified atom stereocenters. The Hall–Kier alpha value is -2.00. The number of rotatable bonds is 6. The summed E-state index contributed by atoms with van der Waals surface area (Å²) in [7, 11) is 0. The normalized spacial score (nSPS) is 13.2. The van der Waals surface area contributed by atoms with Gasteiger partial charge in [0.2, 0.25) is 0 Å². The Kier molecular flexibility index (Phi) is 6.05. The first-order valence-corrected chi connectivity index (χ1v) is 8.21. The Bertz CT molecular complexity index is 672. The minimum Gasteiger partial charge on any atom is -0.481 e. The van der Waals surface area contributed by atoms with Crippen LogP contribution in [0.15, 0.2) is 48.5 Å². The predicted octanol–water partition coefficient (Wildman–Crippen LogP) is 5.26. The summed E-state index contributed by atoms with van der Waals surface area (Å²) in [5.74, 6) is 0.784. The molecule has 2 aromatic rings. The third-order valence-corrected chi connectivity index (χ3v) is 4.08. The number of carbonyl (C=O) groups is 1. The van der Waals surface area contributed by atoms with Crippen LogP contribution in [0.1, 0.15) is 38.7 Å². The summed E-state index contributed by atoms with van der Waals surface area (Å²) in [6.45, 7) is 6.01. The summed E-state index contributed by atoms with van der Waals surface area (Å²) in [6.07, 6.45) is 0.403. The van der Waals surface area contributed by atoms with Crippen LogP contribution in [-0.2, 0) is 4.79 Å². The van der Waals surface area contributed by atoms with E-state index in [-0.39, 0.29) is 5.91 Å². The SMILES string of the molecule is CC[C@H](C)c1ccccc1NC(=O)[C@@H](C)Oc1cccc(Cl)c1. The van der Waals surface area contributed by atoms with E-state index in [9.17, 15) is 4.79 Å². The Balaban J connectivity index is 2.07. The van der Waals surface area contributed by atoms with E-state index >= 15 is 0 Å². The topological polar surface area (TPSA) is 38.3 Å². The Morgan fingerprint density at radius 2 is 1.91 bits per heavy atom. The van der Waals surface area contributed by atoms with E-state index in [1.165, 1.54) is 0 Å². The minimum absolute atomic E-state index is 0.180. The van der Waals surface area contributed by atoms with Crippen molar-refractivity contribution in [3.63, 3.8) is 0 Å². The number of anilines is 1. The molecule has 0 saturated carbocycles. The lowest BCUT2D eigenvalue weighted by atomic mass is 9.97. The highest BCUT2D eigenvalue weighted by Gasteiger charge is 2.17. The summed E-state index contributed by atoms with van der Waals surface area (Å²) in [5.41, 5.74) is 1.98. The average molecular weight is 332 g/mol. The molecular weight excluding hydrogens is 310 g/mol. The zero-order chi connectivity index (χ0) is 16.8. The Morgan fingerprint density at radius 3 is 2.61 bits per heavy atom. The van der Waals surface area contributed by atoms with Crippen molar-refractivity contribution in [3.8, 4) is 5.75 Å². The van der Waals surface area contributed by atoms with Crippen LogP contribution < -0.4 is 10.1 Å². The van der Waals surface area contributed by atoms with Gasteiger partial charge in [0.25, 0.3) is 5.91 Å². The highest BCUT2D eigenvalue weighted by Crippen LogP contribution is 2.27. The van der Waals surface area contributed by atoms with Gasteiger partial charge in [-0.05, 0) is 49.1 Å². The lowest BCUT2D eigenvalue weighted by molar-refractivity contribution is -0.122. The maximum atomic E-state index is 12.4. The number of ether oxygens (including phenoxy) is 1. The number of benzene rings is 2. The molecule has 0 aliphatic carbocycles. The molecular formula is C19H22ClNO2. The van der Waals surface area contributed by atoms with Crippen LogP contribution in [0.3, 0.4) is 0 Å². The predicted molar refractivity (Wildman–Crippen MR) is 95.3 cm³/mol. The first kappa shape index (κ1) is 17.4. The average Bonchev–Trinajstić information content (AvgIpc) is 2.54. The van der Waals surface area contributed by atoms with E-state index in [0.717, 1.165) is 17.7 Å². The molecule has 1 N–H and O–H groups in total. The molecule has 3 nitrogen and oxygen atoms in total. The maximum Gasteiger partial charge on any atom is 0.265 e. The second kappa shape index (κ2) is 8.02. The van der Waals surface area contributed by atoms with Crippen LogP contribution in [0.2, 0.25) is 5.02 Å². The van der Waals surface area contributed by atoms with Crippen molar-refractivity contribution in [2.45, 2.75) is 39.2 Å². The zero-order valence-corrected chi connectivity index (χ0v) is 14.4. The van der Waals surface area contributed by atoms with Crippen molar-refractivity contribution >= 4 is 23.2 Å². The number of para-hydroxylation sites is 1. The molecule has 0 fully saturated rings. The molecule has 2 aromatic carbocycles. The molecule has 2 atom stereocenters. The van der Waals surface area contributed by atoms with Gasteiger partial charge in [-0.2, -0.15) is 0 Å². The van der Waals surface area contributed by atoms with E-state index in [1.54, 1.807) is 31.2 Å². The highest BCUT2D eigenvalue weighted by atomic mass is 35.5. The minimum atomic E-state index is -0.613. The van der Waals surface area contributed by atoms with Crippen molar-refractivity contribution in [1.82, 2.24) is 0 Å². The van der Waals surface area contributed by atoms with Gasteiger partial charge in [0.05, 0.1) is 0 Å². The molecule has 0 saturated heterocycles. The third-order valence-electron chi connectivity index (χ3n) is 3.84. The molecule has 0 bridgehead atoms. The van der Waals surface area contributed by atoms with Gasteiger partial charge in [-0.3, -0.25) is 4.79 Å².